The Bertz CT molecular complexity index is 443. The topological polar surface area (TPSA) is 46.3 Å². The normalized spacial score (nSPS) is 17.9. The number of halogens is 2. The van der Waals surface area contributed by atoms with Crippen LogP contribution < -0.4 is 5.73 Å². The summed E-state index contributed by atoms with van der Waals surface area (Å²) in [6.45, 7) is 2.19. The highest BCUT2D eigenvalue weighted by Crippen LogP contribution is 2.23. The molecule has 2 N–H and O–H groups in total. The van der Waals surface area contributed by atoms with Crippen molar-refractivity contribution in [3.63, 3.8) is 0 Å². The smallest absolute Gasteiger partial charge is 0.176 e. The largest absolute Gasteiger partial charge is 0.328 e. The van der Waals surface area contributed by atoms with Gasteiger partial charge in [0.1, 0.15) is 0 Å². The molecule has 1 heterocycles. The zero-order valence-corrected chi connectivity index (χ0v) is 11.5. The zero-order chi connectivity index (χ0) is 13.1. The Balaban J connectivity index is 1.97. The molecular weight excluding hydrogens is 271 g/mol. The maximum atomic E-state index is 12.1. The SMILES string of the molecule is NC1CCN(CC(=O)c2ccc(Cl)c(Cl)c2)CC1. The average molecular weight is 287 g/mol. The molecule has 1 aliphatic heterocycles. The van der Waals surface area contributed by atoms with E-state index in [0.717, 1.165) is 25.9 Å². The lowest BCUT2D eigenvalue weighted by Crippen LogP contribution is -2.41. The number of nitrogens with zero attached hydrogens (tertiary/aromatic N) is 1. The summed E-state index contributed by atoms with van der Waals surface area (Å²) in [5.41, 5.74) is 6.44. The number of carbonyl (C=O) groups is 1. The molecule has 0 amide bonds. The van der Waals surface area contributed by atoms with Gasteiger partial charge in [-0.2, -0.15) is 0 Å². The monoisotopic (exact) mass is 286 g/mol. The lowest BCUT2D eigenvalue weighted by Gasteiger charge is -2.29. The van der Waals surface area contributed by atoms with Crippen LogP contribution in [0, 0.1) is 0 Å². The van der Waals surface area contributed by atoms with Crippen LogP contribution in [0.5, 0.6) is 0 Å². The summed E-state index contributed by atoms with van der Waals surface area (Å²) in [6.07, 6.45) is 1.91. The minimum absolute atomic E-state index is 0.0732. The predicted molar refractivity (Wildman–Crippen MR) is 74.4 cm³/mol. The van der Waals surface area contributed by atoms with Gasteiger partial charge in [0.15, 0.2) is 5.78 Å². The highest BCUT2D eigenvalue weighted by Gasteiger charge is 2.19. The predicted octanol–water partition coefficient (Wildman–Crippen LogP) is 2.60. The van der Waals surface area contributed by atoms with E-state index < -0.39 is 0 Å². The van der Waals surface area contributed by atoms with Crippen LogP contribution >= 0.6 is 23.2 Å². The van der Waals surface area contributed by atoms with Crippen LogP contribution in [0.1, 0.15) is 23.2 Å². The lowest BCUT2D eigenvalue weighted by atomic mass is 10.0. The molecule has 1 aliphatic rings. The van der Waals surface area contributed by atoms with Crippen molar-refractivity contribution >= 4 is 29.0 Å². The number of piperidine rings is 1. The first-order chi connectivity index (χ1) is 8.56. The molecule has 1 aromatic rings. The average Bonchev–Trinajstić information content (AvgIpc) is 2.35. The summed E-state index contributed by atoms with van der Waals surface area (Å²) >= 11 is 11.7. The zero-order valence-electron chi connectivity index (χ0n) is 10.0. The molecular formula is C13H16Cl2N2O. The van der Waals surface area contributed by atoms with Crippen molar-refractivity contribution in [3.8, 4) is 0 Å². The molecule has 0 saturated carbocycles. The van der Waals surface area contributed by atoms with Crippen molar-refractivity contribution in [3.05, 3.63) is 33.8 Å². The van der Waals surface area contributed by atoms with Gasteiger partial charge in [-0.05, 0) is 31.0 Å². The fourth-order valence-electron chi connectivity index (χ4n) is 2.08. The van der Waals surface area contributed by atoms with Gasteiger partial charge < -0.3 is 5.73 Å². The van der Waals surface area contributed by atoms with Crippen LogP contribution in [0.4, 0.5) is 0 Å². The molecule has 0 unspecified atom stereocenters. The fourth-order valence-corrected chi connectivity index (χ4v) is 2.37. The van der Waals surface area contributed by atoms with Gasteiger partial charge in [-0.25, -0.2) is 0 Å². The second kappa shape index (κ2) is 6.02. The molecule has 18 heavy (non-hydrogen) atoms. The molecule has 98 valence electrons. The van der Waals surface area contributed by atoms with Crippen LogP contribution in [0.3, 0.4) is 0 Å². The van der Waals surface area contributed by atoms with Gasteiger partial charge in [0.25, 0.3) is 0 Å². The van der Waals surface area contributed by atoms with E-state index >= 15 is 0 Å². The molecule has 5 heteroatoms. The standard InChI is InChI=1S/C13H16Cl2N2O/c14-11-2-1-9(7-12(11)15)13(18)8-17-5-3-10(16)4-6-17/h1-2,7,10H,3-6,8,16H2. The van der Waals surface area contributed by atoms with E-state index in [-0.39, 0.29) is 11.8 Å². The molecule has 1 aromatic carbocycles. The van der Waals surface area contributed by atoms with Gasteiger partial charge in [-0.15, -0.1) is 0 Å². The quantitative estimate of drug-likeness (QED) is 0.869. The van der Waals surface area contributed by atoms with Crippen molar-refractivity contribution in [1.29, 1.82) is 0 Å². The van der Waals surface area contributed by atoms with Gasteiger partial charge in [-0.3, -0.25) is 9.69 Å². The lowest BCUT2D eigenvalue weighted by molar-refractivity contribution is 0.0910. The van der Waals surface area contributed by atoms with E-state index in [1.165, 1.54) is 0 Å². The van der Waals surface area contributed by atoms with E-state index in [9.17, 15) is 4.79 Å². The maximum Gasteiger partial charge on any atom is 0.176 e. The van der Waals surface area contributed by atoms with Crippen LogP contribution in [-0.4, -0.2) is 36.4 Å². The number of ketones is 1. The minimum Gasteiger partial charge on any atom is -0.328 e. The second-order valence-corrected chi connectivity index (χ2v) is 5.48. The number of carbonyl (C=O) groups excluding carboxylic acids is 1. The first kappa shape index (κ1) is 13.8. The number of rotatable bonds is 3. The Hall–Kier alpha value is -0.610. The Morgan fingerprint density at radius 2 is 1.94 bits per heavy atom. The van der Waals surface area contributed by atoms with Crippen LogP contribution in [0.25, 0.3) is 0 Å². The molecule has 1 saturated heterocycles. The van der Waals surface area contributed by atoms with Crippen LogP contribution in [0.2, 0.25) is 10.0 Å². The molecule has 3 nitrogen and oxygen atoms in total. The Morgan fingerprint density at radius 1 is 1.28 bits per heavy atom. The Morgan fingerprint density at radius 3 is 2.56 bits per heavy atom. The summed E-state index contributed by atoms with van der Waals surface area (Å²) in [4.78, 5) is 14.2. The van der Waals surface area contributed by atoms with Crippen LogP contribution in [0.15, 0.2) is 18.2 Å². The first-order valence-electron chi connectivity index (χ1n) is 6.02. The summed E-state index contributed by atoms with van der Waals surface area (Å²) in [7, 11) is 0. The van der Waals surface area contributed by atoms with E-state index in [0.29, 0.717) is 22.2 Å². The highest BCUT2D eigenvalue weighted by molar-refractivity contribution is 6.42. The van der Waals surface area contributed by atoms with Crippen molar-refractivity contribution in [1.82, 2.24) is 4.90 Å². The summed E-state index contributed by atoms with van der Waals surface area (Å²) < 4.78 is 0. The number of Topliss-reactive ketones (excluding diaryl/α,β-unsaturated/α-hetero) is 1. The number of hydrogen-bond acceptors (Lipinski definition) is 3. The van der Waals surface area contributed by atoms with E-state index in [4.69, 9.17) is 28.9 Å². The minimum atomic E-state index is 0.0732. The van der Waals surface area contributed by atoms with Gasteiger partial charge in [0.2, 0.25) is 0 Å². The Labute approximate surface area is 117 Å². The number of nitrogens with two attached hydrogens (primary N) is 1. The van der Waals surface area contributed by atoms with Gasteiger partial charge in [0.05, 0.1) is 16.6 Å². The molecule has 0 aromatic heterocycles. The molecule has 0 spiro atoms. The van der Waals surface area contributed by atoms with E-state index in [1.807, 2.05) is 0 Å². The fraction of sp³-hybridized carbons (Fsp3) is 0.462. The molecule has 0 bridgehead atoms. The van der Waals surface area contributed by atoms with E-state index in [1.54, 1.807) is 18.2 Å². The Kier molecular flexibility index (Phi) is 4.62. The third-order valence-corrected chi connectivity index (χ3v) is 3.98. The van der Waals surface area contributed by atoms with Gasteiger partial charge >= 0.3 is 0 Å². The summed E-state index contributed by atoms with van der Waals surface area (Å²) in [5.74, 6) is 0.0732. The third-order valence-electron chi connectivity index (χ3n) is 3.24. The summed E-state index contributed by atoms with van der Waals surface area (Å²) in [6, 6.07) is 5.28. The van der Waals surface area contributed by atoms with Crippen LogP contribution in [-0.2, 0) is 0 Å². The molecule has 0 aliphatic carbocycles. The van der Waals surface area contributed by atoms with E-state index in [2.05, 4.69) is 4.90 Å². The molecule has 0 atom stereocenters. The number of benzene rings is 1. The van der Waals surface area contributed by atoms with Crippen molar-refractivity contribution < 1.29 is 4.79 Å². The van der Waals surface area contributed by atoms with Crippen molar-refractivity contribution in [2.24, 2.45) is 5.73 Å². The second-order valence-electron chi connectivity index (χ2n) is 4.67. The number of likely N-dealkylation sites (tertiary alicyclic amines) is 1. The number of hydrogen-bond donors (Lipinski definition) is 1. The molecule has 0 radical (unpaired) electrons. The maximum absolute atomic E-state index is 12.1. The van der Waals surface area contributed by atoms with Crippen molar-refractivity contribution in [2.75, 3.05) is 19.6 Å². The van der Waals surface area contributed by atoms with Gasteiger partial charge in [0, 0.05) is 24.7 Å². The molecule has 1 fully saturated rings. The molecule has 2 rings (SSSR count). The third kappa shape index (κ3) is 3.45. The summed E-state index contributed by atoms with van der Waals surface area (Å²) in [5, 5.41) is 0.889. The van der Waals surface area contributed by atoms with Crippen molar-refractivity contribution in [2.45, 2.75) is 18.9 Å². The highest BCUT2D eigenvalue weighted by atomic mass is 35.5. The van der Waals surface area contributed by atoms with Gasteiger partial charge in [-0.1, -0.05) is 23.2 Å². The first-order valence-corrected chi connectivity index (χ1v) is 6.78.